The van der Waals surface area contributed by atoms with Crippen molar-refractivity contribution in [2.75, 3.05) is 18.0 Å². The van der Waals surface area contributed by atoms with Crippen molar-refractivity contribution < 1.29 is 9.32 Å². The number of carbonyl (C=O) groups is 1. The van der Waals surface area contributed by atoms with Gasteiger partial charge in [0.2, 0.25) is 11.7 Å². The maximum absolute atomic E-state index is 12.3. The third kappa shape index (κ3) is 4.67. The van der Waals surface area contributed by atoms with Gasteiger partial charge in [-0.15, -0.1) is 0 Å². The first-order valence-corrected chi connectivity index (χ1v) is 9.97. The van der Waals surface area contributed by atoms with Crippen molar-refractivity contribution in [3.05, 3.63) is 29.8 Å². The Morgan fingerprint density at radius 3 is 2.48 bits per heavy atom. The second kappa shape index (κ2) is 8.55. The van der Waals surface area contributed by atoms with Crippen LogP contribution in [-0.2, 0) is 4.79 Å². The van der Waals surface area contributed by atoms with Gasteiger partial charge in [-0.2, -0.15) is 4.98 Å². The van der Waals surface area contributed by atoms with E-state index in [9.17, 15) is 4.79 Å². The molecule has 1 N–H and O–H groups in total. The molecule has 1 saturated heterocycles. The Morgan fingerprint density at radius 1 is 1.22 bits per heavy atom. The lowest BCUT2D eigenvalue weighted by Crippen LogP contribution is -2.43. The third-order valence-electron chi connectivity index (χ3n) is 5.39. The number of anilines is 1. The van der Waals surface area contributed by atoms with Crippen molar-refractivity contribution in [3.8, 4) is 11.4 Å². The fourth-order valence-electron chi connectivity index (χ4n) is 3.27. The topological polar surface area (TPSA) is 71.3 Å². The minimum atomic E-state index is 0.0706. The molecule has 6 nitrogen and oxygen atoms in total. The molecule has 1 fully saturated rings. The lowest BCUT2D eigenvalue weighted by Gasteiger charge is -2.30. The number of aromatic nitrogens is 2. The quantitative estimate of drug-likeness (QED) is 0.832. The highest BCUT2D eigenvalue weighted by Gasteiger charge is 2.28. The van der Waals surface area contributed by atoms with E-state index in [1.165, 1.54) is 5.56 Å². The second-order valence-corrected chi connectivity index (χ2v) is 7.76. The molecule has 1 aliphatic heterocycles. The van der Waals surface area contributed by atoms with Crippen molar-refractivity contribution in [2.24, 2.45) is 5.92 Å². The number of hydrogen-bond donors (Lipinski definition) is 1. The number of amides is 1. The molecule has 2 heterocycles. The van der Waals surface area contributed by atoms with Gasteiger partial charge in [0.15, 0.2) is 0 Å². The van der Waals surface area contributed by atoms with E-state index >= 15 is 0 Å². The predicted octanol–water partition coefficient (Wildman–Crippen LogP) is 3.99. The smallest absolute Gasteiger partial charge is 0.324 e. The van der Waals surface area contributed by atoms with Crippen molar-refractivity contribution in [1.82, 2.24) is 15.5 Å². The Kier molecular flexibility index (Phi) is 6.14. The van der Waals surface area contributed by atoms with Gasteiger partial charge >= 0.3 is 6.01 Å². The van der Waals surface area contributed by atoms with Crippen LogP contribution in [0.25, 0.3) is 11.4 Å². The van der Waals surface area contributed by atoms with Crippen LogP contribution in [0.3, 0.4) is 0 Å². The first kappa shape index (κ1) is 19.4. The highest BCUT2D eigenvalue weighted by Crippen LogP contribution is 2.26. The molecular weight excluding hydrogens is 340 g/mol. The van der Waals surface area contributed by atoms with E-state index in [4.69, 9.17) is 4.52 Å². The zero-order valence-corrected chi connectivity index (χ0v) is 16.7. The van der Waals surface area contributed by atoms with Crippen molar-refractivity contribution in [3.63, 3.8) is 0 Å². The molecule has 1 aromatic carbocycles. The number of hydrogen-bond acceptors (Lipinski definition) is 5. The molecule has 0 aliphatic carbocycles. The normalized spacial score (nSPS) is 16.6. The molecular formula is C21H30N4O2. The van der Waals surface area contributed by atoms with Gasteiger partial charge in [0.05, 0.1) is 0 Å². The van der Waals surface area contributed by atoms with E-state index in [2.05, 4.69) is 53.3 Å². The summed E-state index contributed by atoms with van der Waals surface area (Å²) >= 11 is 0. The SMILES string of the molecule is CC[C@@H](C)NC(=O)C1CCN(c2nc(-c3ccc(C(C)C)cc3)no2)CC1. The first-order chi connectivity index (χ1) is 13.0. The van der Waals surface area contributed by atoms with Gasteiger partial charge in [0.1, 0.15) is 0 Å². The van der Waals surface area contributed by atoms with Crippen molar-refractivity contribution in [2.45, 2.75) is 58.9 Å². The lowest BCUT2D eigenvalue weighted by molar-refractivity contribution is -0.126. The highest BCUT2D eigenvalue weighted by molar-refractivity contribution is 5.79. The summed E-state index contributed by atoms with van der Waals surface area (Å²) in [6.07, 6.45) is 2.57. The Morgan fingerprint density at radius 2 is 1.89 bits per heavy atom. The van der Waals surface area contributed by atoms with Crippen molar-refractivity contribution in [1.29, 1.82) is 0 Å². The first-order valence-electron chi connectivity index (χ1n) is 9.97. The summed E-state index contributed by atoms with van der Waals surface area (Å²) in [6, 6.07) is 9.06. The summed E-state index contributed by atoms with van der Waals surface area (Å²) in [6.45, 7) is 9.99. The molecule has 6 heteroatoms. The maximum atomic E-state index is 12.3. The fourth-order valence-corrected chi connectivity index (χ4v) is 3.27. The van der Waals surface area contributed by atoms with E-state index in [0.29, 0.717) is 17.8 Å². The molecule has 2 aromatic rings. The number of piperidine rings is 1. The van der Waals surface area contributed by atoms with Crippen LogP contribution >= 0.6 is 0 Å². The summed E-state index contributed by atoms with van der Waals surface area (Å²) in [5.41, 5.74) is 2.25. The van der Waals surface area contributed by atoms with Crippen LogP contribution in [0.5, 0.6) is 0 Å². The fraction of sp³-hybridized carbons (Fsp3) is 0.571. The van der Waals surface area contributed by atoms with Crippen LogP contribution in [0.2, 0.25) is 0 Å². The molecule has 3 rings (SSSR count). The van der Waals surface area contributed by atoms with E-state index in [1.807, 2.05) is 19.1 Å². The number of nitrogens with zero attached hydrogens (tertiary/aromatic N) is 3. The number of rotatable bonds is 6. The molecule has 1 atom stereocenters. The van der Waals surface area contributed by atoms with Gasteiger partial charge in [0, 0.05) is 30.6 Å². The van der Waals surface area contributed by atoms with E-state index in [0.717, 1.165) is 37.9 Å². The van der Waals surface area contributed by atoms with Crippen molar-refractivity contribution >= 4 is 11.9 Å². The third-order valence-corrected chi connectivity index (χ3v) is 5.39. The van der Waals surface area contributed by atoms with Crippen LogP contribution in [0, 0.1) is 5.92 Å². The standard InChI is InChI=1S/C21H30N4O2/c1-5-15(4)22-20(26)18-10-12-25(13-11-18)21-23-19(24-27-21)17-8-6-16(7-9-17)14(2)3/h6-9,14-15,18H,5,10-13H2,1-4H3,(H,22,26)/t15-/m1/s1. The zero-order valence-electron chi connectivity index (χ0n) is 16.7. The molecule has 1 aromatic heterocycles. The van der Waals surface area contributed by atoms with Gasteiger partial charge in [-0.05, 0) is 37.7 Å². The average molecular weight is 370 g/mol. The molecule has 0 saturated carbocycles. The minimum absolute atomic E-state index is 0.0706. The Bertz CT molecular complexity index is 746. The molecule has 0 unspecified atom stereocenters. The molecule has 0 bridgehead atoms. The monoisotopic (exact) mass is 370 g/mol. The van der Waals surface area contributed by atoms with Gasteiger partial charge in [-0.3, -0.25) is 4.79 Å². The number of benzene rings is 1. The second-order valence-electron chi connectivity index (χ2n) is 7.76. The maximum Gasteiger partial charge on any atom is 0.324 e. The van der Waals surface area contributed by atoms with Crippen LogP contribution in [-0.4, -0.2) is 35.2 Å². The minimum Gasteiger partial charge on any atom is -0.353 e. The van der Waals surface area contributed by atoms with E-state index in [-0.39, 0.29) is 17.9 Å². The van der Waals surface area contributed by atoms with Gasteiger partial charge in [-0.25, -0.2) is 0 Å². The molecule has 1 amide bonds. The average Bonchev–Trinajstić information content (AvgIpc) is 3.18. The summed E-state index contributed by atoms with van der Waals surface area (Å²) in [4.78, 5) is 18.9. The Hall–Kier alpha value is -2.37. The van der Waals surface area contributed by atoms with Crippen LogP contribution in [0.15, 0.2) is 28.8 Å². The van der Waals surface area contributed by atoms with Crippen LogP contribution in [0.1, 0.15) is 58.4 Å². The van der Waals surface area contributed by atoms with E-state index in [1.54, 1.807) is 0 Å². The summed E-state index contributed by atoms with van der Waals surface area (Å²) in [5, 5.41) is 7.22. The van der Waals surface area contributed by atoms with Gasteiger partial charge in [-0.1, -0.05) is 50.2 Å². The summed E-state index contributed by atoms with van der Waals surface area (Å²) in [7, 11) is 0. The number of carbonyl (C=O) groups excluding carboxylic acids is 1. The largest absolute Gasteiger partial charge is 0.353 e. The number of nitrogens with one attached hydrogen (secondary N) is 1. The Balaban J connectivity index is 1.59. The summed E-state index contributed by atoms with van der Waals surface area (Å²) in [5.74, 6) is 1.34. The van der Waals surface area contributed by atoms with Crippen LogP contribution < -0.4 is 10.2 Å². The van der Waals surface area contributed by atoms with Gasteiger partial charge < -0.3 is 14.7 Å². The van der Waals surface area contributed by atoms with Crippen LogP contribution in [0.4, 0.5) is 6.01 Å². The summed E-state index contributed by atoms with van der Waals surface area (Å²) < 4.78 is 5.48. The lowest BCUT2D eigenvalue weighted by atomic mass is 9.96. The highest BCUT2D eigenvalue weighted by atomic mass is 16.5. The molecule has 1 aliphatic rings. The van der Waals surface area contributed by atoms with Gasteiger partial charge in [0.25, 0.3) is 0 Å². The molecule has 146 valence electrons. The Labute approximate surface area is 161 Å². The molecule has 0 spiro atoms. The van der Waals surface area contributed by atoms with E-state index < -0.39 is 0 Å². The molecule has 27 heavy (non-hydrogen) atoms. The zero-order chi connectivity index (χ0) is 19.4. The molecule has 0 radical (unpaired) electrons. The predicted molar refractivity (Wildman–Crippen MR) is 107 cm³/mol.